The van der Waals surface area contributed by atoms with E-state index in [1.54, 1.807) is 182 Å². The second-order valence-electron chi connectivity index (χ2n) is 35.6. The molecule has 0 bridgehead atoms. The molecule has 2 heterocycles. The molecule has 4 saturated carbocycles. The van der Waals surface area contributed by atoms with Crippen LogP contribution in [0.1, 0.15) is 192 Å². The highest BCUT2D eigenvalue weighted by atomic mass is 16.8. The molecule has 0 N–H and O–H groups in total. The first kappa shape index (κ1) is 82.5. The zero-order valence-electron chi connectivity index (χ0n) is 68.9. The Kier molecular flexibility index (Phi) is 23.5. The molecule has 620 valence electrons. The number of rotatable bonds is 22. The van der Waals surface area contributed by atoms with E-state index >= 15 is 14.4 Å². The van der Waals surface area contributed by atoms with Crippen molar-refractivity contribution in [1.82, 2.24) is 0 Å². The molecule has 6 fully saturated rings. The molecule has 120 heavy (non-hydrogen) atoms. The number of benzene rings is 9. The maximum atomic E-state index is 16.9. The molecule has 5 aliphatic carbocycles. The molecule has 18 nitrogen and oxygen atoms in total. The molecular formula is C102H104O18. The van der Waals surface area contributed by atoms with E-state index in [-0.39, 0.29) is 80.6 Å². The summed E-state index contributed by atoms with van der Waals surface area (Å²) in [4.78, 5) is 105. The lowest BCUT2D eigenvalue weighted by molar-refractivity contribution is -0.306. The summed E-state index contributed by atoms with van der Waals surface area (Å²) in [5.74, 6) is -5.20. The van der Waals surface area contributed by atoms with Crippen molar-refractivity contribution in [3.63, 3.8) is 0 Å². The number of carbonyl (C=O) groups excluding carboxylic acids is 7. The van der Waals surface area contributed by atoms with E-state index < -0.39 is 125 Å². The van der Waals surface area contributed by atoms with Gasteiger partial charge in [0.25, 0.3) is 0 Å². The van der Waals surface area contributed by atoms with E-state index in [0.717, 1.165) is 42.4 Å². The van der Waals surface area contributed by atoms with Gasteiger partial charge in [0, 0.05) is 0 Å². The SMILES string of the molecule is CC1(C)CC[C@]2(C(=O)O[C@@H]3O[C@H](COC(c4ccccc4)(c4ccccc4)c4ccccc4)[C@@H](OC(=O)c4ccccc4)[C@H](OC(=O)c4ccccc4)[C@H]3OC(=O)c3ccccc3)CC[C@]3(C)C(=CC[C@@H]4[C@@]5(C)CC[C@H](O[C@@H]6OC[C@H](OC(=O)c7ccccc7)[C@H](OC(=O)c7ccccc7)[C@H]6OC(=O)c6ccccc6)C(C)(C)[C@@H]5CC[C@]43C)[C@@H]2C1. The van der Waals surface area contributed by atoms with Gasteiger partial charge in [0.05, 0.1) is 58.1 Å². The van der Waals surface area contributed by atoms with Crippen LogP contribution < -0.4 is 0 Å². The second kappa shape index (κ2) is 34.2. The van der Waals surface area contributed by atoms with E-state index in [4.69, 9.17) is 52.1 Å². The number of allylic oxidation sites excluding steroid dienone is 2. The summed E-state index contributed by atoms with van der Waals surface area (Å²) in [6.07, 6.45) is -4.89. The summed E-state index contributed by atoms with van der Waals surface area (Å²) in [5.41, 5.74) is 0.493. The average Bonchev–Trinajstić information content (AvgIpc) is 0.673. The smallest absolute Gasteiger partial charge is 0.338 e. The standard InChI is InChI=1S/C102H104O18/c1-96(2)59-61-101(95(109)120-94-86(119-92(108)71-45-27-13-28-46-71)84(117-90(106)69-41-23-11-24-42-69)82(115-88(104)67-37-19-9-20-38-67)78(113-94)65-111-102(72-47-29-14-30-48-72,73-49-31-15-32-50-73)74-51-33-16-34-52-74)62-60-99(6)75(76(101)63-96)53-54-80-98(5)57-56-81(97(3,4)79(98)55-58-100(80,99)7)114-93-85(118-91(107)70-43-25-12-26-44-70)83(116-89(105)68-39-21-10-22-40-68)77(64-110-93)112-87(103)66-35-17-8-18-36-66/h8-53,76-86,93-94H,54-65H2,1-7H3/t76-,77-,78+,79-,80+,81-,82+,83-,84-,85+,86+,93-,94-,98-,99+,100+,101-/m0/s1. The topological polar surface area (TPSA) is 221 Å². The normalized spacial score (nSPS) is 29.6. The van der Waals surface area contributed by atoms with Crippen LogP contribution in [0.2, 0.25) is 0 Å². The monoisotopic (exact) mass is 1620 g/mol. The lowest BCUT2D eigenvalue weighted by atomic mass is 9.33. The number of ether oxygens (including phenoxy) is 11. The number of hydrogen-bond acceptors (Lipinski definition) is 18. The van der Waals surface area contributed by atoms with Gasteiger partial charge >= 0.3 is 41.8 Å². The number of carbonyl (C=O) groups is 7. The van der Waals surface area contributed by atoms with Crippen LogP contribution >= 0.6 is 0 Å². The molecule has 0 aromatic heterocycles. The summed E-state index contributed by atoms with van der Waals surface area (Å²) in [6.45, 7) is 15.8. The van der Waals surface area contributed by atoms with Crippen LogP contribution in [-0.2, 0) is 62.5 Å². The largest absolute Gasteiger partial charge is 0.452 e. The van der Waals surface area contributed by atoms with Gasteiger partial charge in [-0.1, -0.05) is 260 Å². The van der Waals surface area contributed by atoms with Gasteiger partial charge in [-0.05, 0) is 199 Å². The minimum Gasteiger partial charge on any atom is -0.452 e. The van der Waals surface area contributed by atoms with Crippen LogP contribution in [0.5, 0.6) is 0 Å². The van der Waals surface area contributed by atoms with Crippen LogP contribution in [0, 0.1) is 50.2 Å². The summed E-state index contributed by atoms with van der Waals surface area (Å²) in [7, 11) is 0. The zero-order chi connectivity index (χ0) is 83.6. The fraction of sp³-hybridized carbons (Fsp3) is 0.382. The third-order valence-corrected chi connectivity index (χ3v) is 28.0. The van der Waals surface area contributed by atoms with E-state index in [1.807, 2.05) is 91.0 Å². The fourth-order valence-electron chi connectivity index (χ4n) is 21.5. The summed E-state index contributed by atoms with van der Waals surface area (Å²) >= 11 is 0. The maximum Gasteiger partial charge on any atom is 0.338 e. The molecule has 16 rings (SSSR count). The van der Waals surface area contributed by atoms with Gasteiger partial charge in [-0.3, -0.25) is 4.79 Å². The quantitative estimate of drug-likeness (QED) is 0.0202. The van der Waals surface area contributed by atoms with Gasteiger partial charge in [-0.25, -0.2) is 28.8 Å². The summed E-state index contributed by atoms with van der Waals surface area (Å²) < 4.78 is 75.1. The van der Waals surface area contributed by atoms with E-state index in [2.05, 4.69) is 54.5 Å². The minimum absolute atomic E-state index is 0.101. The van der Waals surface area contributed by atoms with Gasteiger partial charge < -0.3 is 52.1 Å². The molecule has 0 amide bonds. The van der Waals surface area contributed by atoms with Crippen molar-refractivity contribution in [1.29, 1.82) is 0 Å². The lowest BCUT2D eigenvalue weighted by Crippen LogP contribution is -2.66. The van der Waals surface area contributed by atoms with Crippen molar-refractivity contribution in [2.75, 3.05) is 13.2 Å². The third kappa shape index (κ3) is 15.8. The first-order valence-electron chi connectivity index (χ1n) is 42.1. The van der Waals surface area contributed by atoms with E-state index in [0.29, 0.717) is 38.5 Å². The van der Waals surface area contributed by atoms with Crippen molar-refractivity contribution >= 4 is 41.8 Å². The molecule has 2 aliphatic heterocycles. The van der Waals surface area contributed by atoms with Gasteiger partial charge in [-0.15, -0.1) is 0 Å². The Hall–Kier alpha value is -11.2. The predicted octanol–water partition coefficient (Wildman–Crippen LogP) is 19.2. The van der Waals surface area contributed by atoms with Crippen LogP contribution in [0.25, 0.3) is 0 Å². The number of fused-ring (bicyclic) bond motifs is 7. The molecular weight excluding hydrogens is 1510 g/mol. The highest BCUT2D eigenvalue weighted by Crippen LogP contribution is 2.76. The van der Waals surface area contributed by atoms with Crippen LogP contribution in [0.15, 0.2) is 285 Å². The Balaban J connectivity index is 0.731. The highest BCUT2D eigenvalue weighted by Gasteiger charge is 2.71. The summed E-state index contributed by atoms with van der Waals surface area (Å²) in [6, 6.07) is 79.8. The molecule has 0 radical (unpaired) electrons. The molecule has 0 unspecified atom stereocenters. The van der Waals surface area contributed by atoms with Gasteiger partial charge in [0.1, 0.15) is 11.7 Å². The molecule has 9 aromatic rings. The van der Waals surface area contributed by atoms with Crippen molar-refractivity contribution < 1.29 is 85.7 Å². The zero-order valence-corrected chi connectivity index (χ0v) is 68.9. The Labute approximate surface area is 701 Å². The molecule has 0 spiro atoms. The van der Waals surface area contributed by atoms with Gasteiger partial charge in [0.2, 0.25) is 12.4 Å². The van der Waals surface area contributed by atoms with Gasteiger partial charge in [0.15, 0.2) is 36.8 Å². The summed E-state index contributed by atoms with van der Waals surface area (Å²) in [5, 5.41) is 0. The van der Waals surface area contributed by atoms with E-state index in [9.17, 15) is 19.2 Å². The molecule has 2 saturated heterocycles. The fourth-order valence-corrected chi connectivity index (χ4v) is 21.5. The molecule has 17 atom stereocenters. The maximum absolute atomic E-state index is 16.9. The van der Waals surface area contributed by atoms with Crippen molar-refractivity contribution in [2.24, 2.45) is 50.2 Å². The van der Waals surface area contributed by atoms with Gasteiger partial charge in [-0.2, -0.15) is 0 Å². The molecule has 9 aromatic carbocycles. The van der Waals surface area contributed by atoms with Crippen molar-refractivity contribution in [3.05, 3.63) is 335 Å². The Morgan fingerprint density at radius 2 is 0.783 bits per heavy atom. The van der Waals surface area contributed by atoms with Crippen molar-refractivity contribution in [3.8, 4) is 0 Å². The third-order valence-electron chi connectivity index (χ3n) is 28.0. The molecule has 18 heteroatoms. The number of esters is 7. The Bertz CT molecular complexity index is 5050. The Morgan fingerprint density at radius 3 is 1.23 bits per heavy atom. The lowest BCUT2D eigenvalue weighted by Gasteiger charge is -2.71. The predicted molar refractivity (Wildman–Crippen MR) is 447 cm³/mol. The molecule has 7 aliphatic rings. The number of hydrogen-bond donors (Lipinski definition) is 0. The van der Waals surface area contributed by atoms with Crippen LogP contribution in [0.3, 0.4) is 0 Å². The second-order valence-corrected chi connectivity index (χ2v) is 35.6. The van der Waals surface area contributed by atoms with Crippen LogP contribution in [0.4, 0.5) is 0 Å². The van der Waals surface area contributed by atoms with Crippen LogP contribution in [-0.4, -0.2) is 116 Å². The van der Waals surface area contributed by atoms with E-state index in [1.165, 1.54) is 5.57 Å². The Morgan fingerprint density at radius 1 is 0.392 bits per heavy atom. The highest BCUT2D eigenvalue weighted by molar-refractivity contribution is 5.93. The first-order valence-corrected chi connectivity index (χ1v) is 42.1. The average molecular weight is 1620 g/mol. The first-order chi connectivity index (χ1) is 57.9. The minimum atomic E-state index is -1.81. The van der Waals surface area contributed by atoms with Crippen molar-refractivity contribution in [2.45, 2.75) is 180 Å².